The van der Waals surface area contributed by atoms with Crippen LogP contribution in [0.25, 0.3) is 0 Å². The van der Waals surface area contributed by atoms with Gasteiger partial charge in [0, 0.05) is 0 Å². The molecule has 2 N–H and O–H groups in total. The predicted octanol–water partition coefficient (Wildman–Crippen LogP) is 0.833. The highest BCUT2D eigenvalue weighted by Gasteiger charge is 2.63. The van der Waals surface area contributed by atoms with E-state index >= 15 is 0 Å². The van der Waals surface area contributed by atoms with E-state index in [2.05, 4.69) is 0 Å². The summed E-state index contributed by atoms with van der Waals surface area (Å²) in [5.41, 5.74) is 0. The Morgan fingerprint density at radius 2 is 1.33 bits per heavy atom. The number of hydrogen-bond acceptors (Lipinski definition) is 2. The lowest BCUT2D eigenvalue weighted by atomic mass is 10.2. The summed E-state index contributed by atoms with van der Waals surface area (Å²) in [5.74, 6) is -5.55. The van der Waals surface area contributed by atoms with Gasteiger partial charge in [-0.05, 0) is 0 Å². The second-order valence-corrected chi connectivity index (χ2v) is 1.94. The fourth-order valence-electron chi connectivity index (χ4n) is 0.336. The fourth-order valence-corrected chi connectivity index (χ4v) is 0.336. The van der Waals surface area contributed by atoms with Crippen LogP contribution in [0.15, 0.2) is 0 Å². The topological polar surface area (TPSA) is 40.5 Å². The average Bonchev–Trinajstić information content (AvgIpc) is 1.83. The van der Waals surface area contributed by atoms with Gasteiger partial charge in [0.1, 0.15) is 0 Å². The molecule has 0 amide bonds. The number of alkyl halides is 6. The number of rotatable bonds is 3. The van der Waals surface area contributed by atoms with E-state index in [1.807, 2.05) is 0 Å². The maximum atomic E-state index is 11.8. The van der Waals surface area contributed by atoms with Crippen molar-refractivity contribution in [1.82, 2.24) is 0 Å². The zero-order valence-electron chi connectivity index (χ0n) is 5.32. The molecule has 8 heteroatoms. The average molecular weight is 198 g/mol. The van der Waals surface area contributed by atoms with Crippen molar-refractivity contribution < 1.29 is 36.6 Å². The molecule has 0 aliphatic heterocycles. The van der Waals surface area contributed by atoms with Crippen molar-refractivity contribution in [3.05, 3.63) is 0 Å². The van der Waals surface area contributed by atoms with Crippen LogP contribution in [-0.4, -0.2) is 34.8 Å². The molecule has 0 aromatic rings. The zero-order chi connectivity index (χ0) is 10.2. The van der Waals surface area contributed by atoms with Crippen LogP contribution in [0.2, 0.25) is 0 Å². The lowest BCUT2D eigenvalue weighted by Crippen LogP contribution is -2.52. The van der Waals surface area contributed by atoms with Gasteiger partial charge < -0.3 is 10.2 Å². The second kappa shape index (κ2) is 3.09. The SMILES string of the molecule is OC(C(F)F)C(F)(F)C(O)(F)F. The monoisotopic (exact) mass is 198 g/mol. The summed E-state index contributed by atoms with van der Waals surface area (Å²) in [6.45, 7) is 0. The Bertz CT molecular complexity index is 152. The van der Waals surface area contributed by atoms with E-state index in [4.69, 9.17) is 10.2 Å². The molecule has 74 valence electrons. The minimum absolute atomic E-state index is 3.89. The van der Waals surface area contributed by atoms with Gasteiger partial charge in [0.25, 0.3) is 6.43 Å². The molecule has 0 spiro atoms. The normalized spacial score (nSPS) is 16.8. The molecular weight excluding hydrogens is 194 g/mol. The van der Waals surface area contributed by atoms with Crippen LogP contribution in [-0.2, 0) is 0 Å². The molecule has 0 aliphatic rings. The van der Waals surface area contributed by atoms with Gasteiger partial charge in [-0.25, -0.2) is 8.78 Å². The van der Waals surface area contributed by atoms with Gasteiger partial charge in [-0.15, -0.1) is 0 Å². The molecule has 0 aliphatic carbocycles. The molecule has 0 heterocycles. The van der Waals surface area contributed by atoms with Gasteiger partial charge in [0.2, 0.25) is 0 Å². The molecule has 0 radical (unpaired) electrons. The van der Waals surface area contributed by atoms with Crippen molar-refractivity contribution in [2.75, 3.05) is 0 Å². The van der Waals surface area contributed by atoms with E-state index in [1.54, 1.807) is 0 Å². The third-order valence-electron chi connectivity index (χ3n) is 1.01. The Balaban J connectivity index is 4.61. The molecule has 0 aromatic carbocycles. The van der Waals surface area contributed by atoms with Gasteiger partial charge in [-0.1, -0.05) is 0 Å². The number of hydrogen-bond donors (Lipinski definition) is 2. The van der Waals surface area contributed by atoms with E-state index in [0.29, 0.717) is 0 Å². The summed E-state index contributed by atoms with van der Waals surface area (Å²) in [5, 5.41) is 15.2. The molecule has 0 saturated carbocycles. The predicted molar refractivity (Wildman–Crippen MR) is 24.1 cm³/mol. The third kappa shape index (κ3) is 2.01. The summed E-state index contributed by atoms with van der Waals surface area (Å²) in [7, 11) is 0. The highest BCUT2D eigenvalue weighted by molar-refractivity contribution is 4.84. The summed E-state index contributed by atoms with van der Waals surface area (Å²) < 4.78 is 69.1. The Morgan fingerprint density at radius 1 is 1.00 bits per heavy atom. The largest absolute Gasteiger partial charge is 0.419 e. The molecule has 2 nitrogen and oxygen atoms in total. The first-order chi connectivity index (χ1) is 5.10. The molecule has 0 fully saturated rings. The first kappa shape index (κ1) is 11.5. The standard InChI is InChI=1S/C4H4F6O2/c5-2(6)1(11)3(7,8)4(9,10)12/h1-2,11-12H. The summed E-state index contributed by atoms with van der Waals surface area (Å²) in [4.78, 5) is 0. The lowest BCUT2D eigenvalue weighted by Gasteiger charge is -2.25. The Kier molecular flexibility index (Phi) is 2.97. The number of halogens is 6. The first-order valence-electron chi connectivity index (χ1n) is 2.55. The smallest absolute Gasteiger partial charge is 0.381 e. The van der Waals surface area contributed by atoms with Gasteiger partial charge >= 0.3 is 12.0 Å². The van der Waals surface area contributed by atoms with Crippen LogP contribution < -0.4 is 0 Å². The molecule has 0 saturated heterocycles. The highest BCUT2D eigenvalue weighted by Crippen LogP contribution is 2.36. The van der Waals surface area contributed by atoms with Crippen molar-refractivity contribution in [2.24, 2.45) is 0 Å². The van der Waals surface area contributed by atoms with Gasteiger partial charge in [-0.3, -0.25) is 0 Å². The highest BCUT2D eigenvalue weighted by atomic mass is 19.3. The Morgan fingerprint density at radius 3 is 1.42 bits per heavy atom. The molecule has 12 heavy (non-hydrogen) atoms. The molecule has 0 rings (SSSR count). The quantitative estimate of drug-likeness (QED) is 0.659. The maximum absolute atomic E-state index is 11.8. The van der Waals surface area contributed by atoms with Crippen molar-refractivity contribution >= 4 is 0 Å². The minimum Gasteiger partial charge on any atom is -0.381 e. The van der Waals surface area contributed by atoms with Gasteiger partial charge in [-0.2, -0.15) is 17.6 Å². The van der Waals surface area contributed by atoms with Crippen molar-refractivity contribution in [3.8, 4) is 0 Å². The molecule has 0 aromatic heterocycles. The fraction of sp³-hybridized carbons (Fsp3) is 1.00. The lowest BCUT2D eigenvalue weighted by molar-refractivity contribution is -0.359. The second-order valence-electron chi connectivity index (χ2n) is 1.94. The van der Waals surface area contributed by atoms with Gasteiger partial charge in [0.05, 0.1) is 0 Å². The third-order valence-corrected chi connectivity index (χ3v) is 1.01. The summed E-state index contributed by atoms with van der Waals surface area (Å²) >= 11 is 0. The zero-order valence-corrected chi connectivity index (χ0v) is 5.32. The van der Waals surface area contributed by atoms with E-state index in [1.165, 1.54) is 0 Å². The van der Waals surface area contributed by atoms with Crippen LogP contribution in [0.5, 0.6) is 0 Å². The molecule has 1 atom stereocenters. The number of aliphatic hydroxyl groups is 2. The van der Waals surface area contributed by atoms with Crippen molar-refractivity contribution in [3.63, 3.8) is 0 Å². The Hall–Kier alpha value is -0.500. The maximum Gasteiger partial charge on any atom is 0.419 e. The number of aliphatic hydroxyl groups excluding tert-OH is 1. The van der Waals surface area contributed by atoms with Crippen LogP contribution in [0.1, 0.15) is 0 Å². The summed E-state index contributed by atoms with van der Waals surface area (Å²) in [6.07, 6.45) is -13.6. The van der Waals surface area contributed by atoms with Crippen LogP contribution in [0.3, 0.4) is 0 Å². The summed E-state index contributed by atoms with van der Waals surface area (Å²) in [6, 6.07) is 0. The van der Waals surface area contributed by atoms with E-state index in [0.717, 1.165) is 0 Å². The van der Waals surface area contributed by atoms with Crippen LogP contribution in [0.4, 0.5) is 26.3 Å². The first-order valence-corrected chi connectivity index (χ1v) is 2.55. The van der Waals surface area contributed by atoms with E-state index < -0.39 is 24.6 Å². The Labute approximate surface area is 62.4 Å². The molecule has 0 bridgehead atoms. The van der Waals surface area contributed by atoms with Gasteiger partial charge in [0.15, 0.2) is 6.10 Å². The molecular formula is C4H4F6O2. The van der Waals surface area contributed by atoms with Crippen LogP contribution >= 0.6 is 0 Å². The molecule has 1 unspecified atom stereocenters. The van der Waals surface area contributed by atoms with Crippen molar-refractivity contribution in [1.29, 1.82) is 0 Å². The van der Waals surface area contributed by atoms with E-state index in [9.17, 15) is 26.3 Å². The minimum atomic E-state index is -5.66. The van der Waals surface area contributed by atoms with Crippen molar-refractivity contribution in [2.45, 2.75) is 24.6 Å². The van der Waals surface area contributed by atoms with E-state index in [-0.39, 0.29) is 0 Å². The van der Waals surface area contributed by atoms with Crippen LogP contribution in [0, 0.1) is 0 Å².